The van der Waals surface area contributed by atoms with E-state index in [4.69, 9.17) is 0 Å². The van der Waals surface area contributed by atoms with Crippen molar-refractivity contribution in [2.75, 3.05) is 16.3 Å². The van der Waals surface area contributed by atoms with Gasteiger partial charge in [0.1, 0.15) is 16.2 Å². The summed E-state index contributed by atoms with van der Waals surface area (Å²) in [5.74, 6) is -3.92. The lowest BCUT2D eigenvalue weighted by Crippen LogP contribution is -2.53. The zero-order valence-corrected chi connectivity index (χ0v) is 22.2. The molecule has 206 valence electrons. The molecule has 3 N–H and O–H groups in total. The Morgan fingerprint density at radius 3 is 2.67 bits per heavy atom. The number of hydrogen-bond donors (Lipinski definition) is 3. The van der Waals surface area contributed by atoms with Crippen molar-refractivity contribution in [3.8, 4) is 0 Å². The highest BCUT2D eigenvalue weighted by Gasteiger charge is 2.57. The van der Waals surface area contributed by atoms with Gasteiger partial charge in [0.2, 0.25) is 10.0 Å². The molecule has 10 nitrogen and oxygen atoms in total. The highest BCUT2D eigenvalue weighted by atomic mass is 32.2. The molecule has 2 aliphatic heterocycles. The lowest BCUT2D eigenvalue weighted by atomic mass is 9.77. The first kappa shape index (κ1) is 25.7. The van der Waals surface area contributed by atoms with Crippen molar-refractivity contribution >= 4 is 43.2 Å². The second-order valence-corrected chi connectivity index (χ2v) is 13.7. The molecular weight excluding hydrogens is 554 g/mol. The molecule has 2 fully saturated rings. The Morgan fingerprint density at radius 2 is 1.92 bits per heavy atom. The van der Waals surface area contributed by atoms with E-state index in [1.54, 1.807) is 0 Å². The number of fused-ring (bicyclic) bond motifs is 6. The van der Waals surface area contributed by atoms with Gasteiger partial charge in [-0.25, -0.2) is 17.2 Å². The number of rotatable bonds is 5. The summed E-state index contributed by atoms with van der Waals surface area (Å²) in [6.07, 6.45) is 3.31. The summed E-state index contributed by atoms with van der Waals surface area (Å²) in [5, 5.41) is 14.2. The Balaban J connectivity index is 1.42. The summed E-state index contributed by atoms with van der Waals surface area (Å²) in [5.41, 5.74) is -0.338. The van der Waals surface area contributed by atoms with Gasteiger partial charge in [0.05, 0.1) is 11.9 Å². The zero-order valence-electron chi connectivity index (χ0n) is 20.6. The normalized spacial score (nSPS) is 27.1. The highest BCUT2D eigenvalue weighted by Crippen LogP contribution is 2.55. The van der Waals surface area contributed by atoms with Crippen molar-refractivity contribution in [1.29, 1.82) is 0 Å². The van der Waals surface area contributed by atoms with Crippen LogP contribution in [0.5, 0.6) is 0 Å². The fraction of sp³-hybridized carbons (Fsp3) is 0.360. The number of nitrogens with zero attached hydrogens (tertiary/aromatic N) is 2. The zero-order chi connectivity index (χ0) is 27.9. The number of hydrogen-bond acceptors (Lipinski definition) is 7. The third kappa shape index (κ3) is 4.25. The average Bonchev–Trinajstić information content (AvgIpc) is 3.46. The Morgan fingerprint density at radius 1 is 1.18 bits per heavy atom. The molecule has 4 aliphatic rings. The Bertz CT molecular complexity index is 1710. The number of halogens is 2. The van der Waals surface area contributed by atoms with Crippen molar-refractivity contribution in [3.05, 3.63) is 64.9 Å². The van der Waals surface area contributed by atoms with Gasteiger partial charge in [0.25, 0.3) is 15.9 Å². The van der Waals surface area contributed by atoms with Crippen LogP contribution in [0.4, 0.5) is 20.2 Å². The molecule has 0 saturated heterocycles. The van der Waals surface area contributed by atoms with Gasteiger partial charge in [-0.3, -0.25) is 9.52 Å². The molecule has 0 unspecified atom stereocenters. The van der Waals surface area contributed by atoms with Crippen LogP contribution in [-0.4, -0.2) is 50.9 Å². The average molecular weight is 579 g/mol. The number of carbonyl (C=O) groups excluding carboxylic acids is 1. The maximum Gasteiger partial charge on any atom is 0.286 e. The van der Waals surface area contributed by atoms with Crippen LogP contribution < -0.4 is 10.0 Å². The number of amidine groups is 1. The second-order valence-electron chi connectivity index (χ2n) is 10.4. The first-order chi connectivity index (χ1) is 18.3. The van der Waals surface area contributed by atoms with Gasteiger partial charge in [0.15, 0.2) is 17.5 Å². The molecule has 2 saturated carbocycles. The van der Waals surface area contributed by atoms with Crippen molar-refractivity contribution in [2.45, 2.75) is 36.7 Å². The van der Waals surface area contributed by atoms with Crippen LogP contribution in [0.3, 0.4) is 0 Å². The van der Waals surface area contributed by atoms with E-state index in [0.717, 1.165) is 37.7 Å². The van der Waals surface area contributed by atoms with Gasteiger partial charge in [-0.2, -0.15) is 8.42 Å². The SMILES string of the molecule is CS(=O)(=O)Nc1ccc2c(c1)S(=O)(=O)N=C(C1=C(O)[C@@H]3[C@H]4CC[C@H](C4)[C@@H]3N(Cc3cccc(F)c3F)C1=O)N2. The molecule has 2 aliphatic carbocycles. The van der Waals surface area contributed by atoms with E-state index in [-0.39, 0.29) is 57.4 Å². The van der Waals surface area contributed by atoms with Crippen LogP contribution in [0.2, 0.25) is 0 Å². The third-order valence-electron chi connectivity index (χ3n) is 7.92. The van der Waals surface area contributed by atoms with Gasteiger partial charge >= 0.3 is 0 Å². The minimum Gasteiger partial charge on any atom is -0.511 e. The molecule has 1 amide bonds. The lowest BCUT2D eigenvalue weighted by molar-refractivity contribution is -0.134. The maximum atomic E-state index is 14.6. The molecule has 0 aromatic heterocycles. The molecule has 14 heteroatoms. The number of anilines is 2. The van der Waals surface area contributed by atoms with E-state index in [9.17, 15) is 35.5 Å². The molecule has 2 heterocycles. The molecule has 0 radical (unpaired) electrons. The van der Waals surface area contributed by atoms with Crippen molar-refractivity contribution in [2.24, 2.45) is 22.2 Å². The summed E-state index contributed by atoms with van der Waals surface area (Å²) in [7, 11) is -8.10. The van der Waals surface area contributed by atoms with Gasteiger partial charge in [0, 0.05) is 29.8 Å². The van der Waals surface area contributed by atoms with Crippen LogP contribution >= 0.6 is 0 Å². The monoisotopic (exact) mass is 578 g/mol. The van der Waals surface area contributed by atoms with Crippen LogP contribution in [0.1, 0.15) is 24.8 Å². The first-order valence-corrected chi connectivity index (χ1v) is 15.6. The van der Waals surface area contributed by atoms with Gasteiger partial charge in [-0.1, -0.05) is 12.1 Å². The van der Waals surface area contributed by atoms with Gasteiger partial charge < -0.3 is 15.3 Å². The largest absolute Gasteiger partial charge is 0.511 e. The molecule has 4 atom stereocenters. The van der Waals surface area contributed by atoms with Crippen LogP contribution in [-0.2, 0) is 31.4 Å². The molecule has 6 rings (SSSR count). The highest BCUT2D eigenvalue weighted by molar-refractivity contribution is 7.92. The van der Waals surface area contributed by atoms with E-state index in [1.807, 2.05) is 0 Å². The predicted molar refractivity (Wildman–Crippen MR) is 138 cm³/mol. The fourth-order valence-corrected chi connectivity index (χ4v) is 8.15. The number of carbonyl (C=O) groups is 1. The van der Waals surface area contributed by atoms with E-state index in [0.29, 0.717) is 0 Å². The lowest BCUT2D eigenvalue weighted by Gasteiger charge is -2.44. The summed E-state index contributed by atoms with van der Waals surface area (Å²) in [6, 6.07) is 7.02. The smallest absolute Gasteiger partial charge is 0.286 e. The second kappa shape index (κ2) is 8.74. The van der Waals surface area contributed by atoms with Crippen molar-refractivity contribution < 1.29 is 35.5 Å². The van der Waals surface area contributed by atoms with E-state index in [1.165, 1.54) is 29.2 Å². The van der Waals surface area contributed by atoms with Gasteiger partial charge in [-0.15, -0.1) is 4.40 Å². The van der Waals surface area contributed by atoms with E-state index < -0.39 is 49.5 Å². The standard InChI is InChI=1S/C25H24F2N4O6S2/c1-38(34,35)29-15-7-8-17-18(10-15)39(36,37)30-24(28-17)20-23(32)19-12-5-6-13(9-12)22(19)31(25(20)33)11-14-3-2-4-16(26)21(14)27/h2-4,7-8,10,12-13,19,22,29,32H,5-6,9,11H2,1H3,(H,28,30)/t12-,13+,19+,22-/m0/s1. The Hall–Kier alpha value is -3.52. The molecule has 2 bridgehead atoms. The van der Waals surface area contributed by atoms with Crippen LogP contribution in [0.25, 0.3) is 0 Å². The predicted octanol–water partition coefficient (Wildman–Crippen LogP) is 3.12. The topological polar surface area (TPSA) is 145 Å². The molecule has 39 heavy (non-hydrogen) atoms. The summed E-state index contributed by atoms with van der Waals surface area (Å²) < 4.78 is 84.0. The number of aliphatic hydroxyl groups excluding tert-OH is 1. The fourth-order valence-electron chi connectivity index (χ4n) is 6.45. The summed E-state index contributed by atoms with van der Waals surface area (Å²) in [6.45, 7) is -0.263. The first-order valence-electron chi connectivity index (χ1n) is 12.3. The van der Waals surface area contributed by atoms with Crippen molar-refractivity contribution in [3.63, 3.8) is 0 Å². The molecule has 2 aromatic rings. The van der Waals surface area contributed by atoms with Crippen LogP contribution in [0, 0.1) is 29.4 Å². The number of sulfonamides is 2. The third-order valence-corrected chi connectivity index (χ3v) is 9.84. The van der Waals surface area contributed by atoms with Crippen molar-refractivity contribution in [1.82, 2.24) is 4.90 Å². The van der Waals surface area contributed by atoms with E-state index >= 15 is 0 Å². The Labute approximate surface area is 223 Å². The number of benzene rings is 2. The van der Waals surface area contributed by atoms with Gasteiger partial charge in [-0.05, 0) is 55.4 Å². The Kier molecular flexibility index (Phi) is 5.77. The maximum absolute atomic E-state index is 14.6. The minimum absolute atomic E-state index is 0.00389. The van der Waals surface area contributed by atoms with E-state index in [2.05, 4.69) is 14.4 Å². The summed E-state index contributed by atoms with van der Waals surface area (Å²) >= 11 is 0. The molecule has 0 spiro atoms. The molecule has 2 aromatic carbocycles. The summed E-state index contributed by atoms with van der Waals surface area (Å²) in [4.78, 5) is 15.0. The quantitative estimate of drug-likeness (QED) is 0.494. The minimum atomic E-state index is -4.42. The molecular formula is C25H24F2N4O6S2. The van der Waals surface area contributed by atoms with Crippen LogP contribution in [0.15, 0.2) is 57.0 Å². The number of nitrogens with one attached hydrogen (secondary N) is 2. The number of aliphatic hydroxyl groups is 1. The number of amides is 1.